The summed E-state index contributed by atoms with van der Waals surface area (Å²) in [4.78, 5) is 0. The van der Waals surface area contributed by atoms with Crippen molar-refractivity contribution < 1.29 is 9.13 Å². The van der Waals surface area contributed by atoms with Crippen molar-refractivity contribution in [2.45, 2.75) is 13.8 Å². The summed E-state index contributed by atoms with van der Waals surface area (Å²) < 4.78 is 18.0. The standard InChI is InChI=1S/C9H12FNO/c1-3-12-9-4-6(2)7(10)5-8(9)11/h4-5H,3,11H2,1-2H3. The van der Waals surface area contributed by atoms with Crippen molar-refractivity contribution in [1.29, 1.82) is 0 Å². The van der Waals surface area contributed by atoms with E-state index in [0.29, 0.717) is 23.6 Å². The summed E-state index contributed by atoms with van der Waals surface area (Å²) in [5.74, 6) is 0.257. The molecule has 0 heterocycles. The highest BCUT2D eigenvalue weighted by Crippen LogP contribution is 2.24. The van der Waals surface area contributed by atoms with E-state index in [1.165, 1.54) is 6.07 Å². The molecule has 0 saturated heterocycles. The Labute approximate surface area is 71.1 Å². The molecule has 0 saturated carbocycles. The van der Waals surface area contributed by atoms with Crippen LogP contribution in [0, 0.1) is 12.7 Å². The molecule has 0 aliphatic rings. The van der Waals surface area contributed by atoms with Crippen LogP contribution < -0.4 is 10.5 Å². The molecule has 0 aromatic heterocycles. The lowest BCUT2D eigenvalue weighted by molar-refractivity contribution is 0.341. The van der Waals surface area contributed by atoms with Crippen LogP contribution in [0.25, 0.3) is 0 Å². The lowest BCUT2D eigenvalue weighted by Crippen LogP contribution is -1.98. The molecule has 1 aromatic rings. The number of benzene rings is 1. The average molecular weight is 169 g/mol. The second-order valence-electron chi connectivity index (χ2n) is 2.57. The first-order valence-corrected chi connectivity index (χ1v) is 3.83. The van der Waals surface area contributed by atoms with E-state index in [1.807, 2.05) is 6.92 Å². The Balaban J connectivity index is 3.05. The maximum atomic E-state index is 12.9. The van der Waals surface area contributed by atoms with Gasteiger partial charge in [-0.1, -0.05) is 0 Å². The van der Waals surface area contributed by atoms with Gasteiger partial charge in [-0.2, -0.15) is 0 Å². The lowest BCUT2D eigenvalue weighted by Gasteiger charge is -2.07. The molecule has 0 radical (unpaired) electrons. The molecule has 0 atom stereocenters. The minimum atomic E-state index is -0.295. The Morgan fingerprint density at radius 3 is 2.75 bits per heavy atom. The largest absolute Gasteiger partial charge is 0.492 e. The zero-order valence-electron chi connectivity index (χ0n) is 7.23. The fourth-order valence-corrected chi connectivity index (χ4v) is 0.951. The predicted molar refractivity (Wildman–Crippen MR) is 46.7 cm³/mol. The summed E-state index contributed by atoms with van der Waals surface area (Å²) in [6, 6.07) is 2.88. The summed E-state index contributed by atoms with van der Waals surface area (Å²) >= 11 is 0. The van der Waals surface area contributed by atoms with E-state index in [1.54, 1.807) is 13.0 Å². The minimum Gasteiger partial charge on any atom is -0.492 e. The van der Waals surface area contributed by atoms with Crippen molar-refractivity contribution in [3.05, 3.63) is 23.5 Å². The molecule has 0 amide bonds. The third-order valence-electron chi connectivity index (χ3n) is 1.59. The van der Waals surface area contributed by atoms with Crippen molar-refractivity contribution in [2.24, 2.45) is 0 Å². The van der Waals surface area contributed by atoms with Crippen LogP contribution >= 0.6 is 0 Å². The molecule has 3 heteroatoms. The van der Waals surface area contributed by atoms with Crippen molar-refractivity contribution in [1.82, 2.24) is 0 Å². The second kappa shape index (κ2) is 3.43. The molecule has 12 heavy (non-hydrogen) atoms. The van der Waals surface area contributed by atoms with Crippen LogP contribution in [0.15, 0.2) is 12.1 Å². The van der Waals surface area contributed by atoms with Crippen molar-refractivity contribution in [3.63, 3.8) is 0 Å². The highest BCUT2D eigenvalue weighted by atomic mass is 19.1. The van der Waals surface area contributed by atoms with Gasteiger partial charge in [-0.05, 0) is 25.5 Å². The molecular weight excluding hydrogens is 157 g/mol. The topological polar surface area (TPSA) is 35.2 Å². The molecule has 0 unspecified atom stereocenters. The van der Waals surface area contributed by atoms with Gasteiger partial charge in [0.25, 0.3) is 0 Å². The van der Waals surface area contributed by atoms with E-state index < -0.39 is 0 Å². The fourth-order valence-electron chi connectivity index (χ4n) is 0.951. The molecule has 0 aliphatic carbocycles. The molecule has 0 aliphatic heterocycles. The molecule has 0 spiro atoms. The summed E-state index contributed by atoms with van der Waals surface area (Å²) in [5.41, 5.74) is 6.41. The van der Waals surface area contributed by atoms with E-state index in [2.05, 4.69) is 0 Å². The molecule has 66 valence electrons. The van der Waals surface area contributed by atoms with E-state index in [-0.39, 0.29) is 5.82 Å². The van der Waals surface area contributed by atoms with Gasteiger partial charge in [-0.3, -0.25) is 0 Å². The van der Waals surface area contributed by atoms with E-state index in [4.69, 9.17) is 10.5 Å². The molecule has 1 rings (SSSR count). The SMILES string of the molecule is CCOc1cc(C)c(F)cc1N. The van der Waals surface area contributed by atoms with E-state index in [9.17, 15) is 4.39 Å². The van der Waals surface area contributed by atoms with Gasteiger partial charge in [0.05, 0.1) is 12.3 Å². The number of anilines is 1. The number of halogens is 1. The van der Waals surface area contributed by atoms with Crippen molar-refractivity contribution in [3.8, 4) is 5.75 Å². The van der Waals surface area contributed by atoms with Crippen LogP contribution in [0.5, 0.6) is 5.75 Å². The molecule has 2 N–H and O–H groups in total. The fraction of sp³-hybridized carbons (Fsp3) is 0.333. The quantitative estimate of drug-likeness (QED) is 0.688. The van der Waals surface area contributed by atoms with Gasteiger partial charge in [-0.15, -0.1) is 0 Å². The Kier molecular flexibility index (Phi) is 2.53. The first-order chi connectivity index (χ1) is 5.65. The van der Waals surface area contributed by atoms with Crippen LogP contribution in [-0.2, 0) is 0 Å². The first kappa shape index (κ1) is 8.84. The van der Waals surface area contributed by atoms with Gasteiger partial charge < -0.3 is 10.5 Å². The second-order valence-corrected chi connectivity index (χ2v) is 2.57. The van der Waals surface area contributed by atoms with Crippen LogP contribution in [0.3, 0.4) is 0 Å². The number of hydrogen-bond acceptors (Lipinski definition) is 2. The Bertz CT molecular complexity index is 286. The highest BCUT2D eigenvalue weighted by Gasteiger charge is 2.04. The van der Waals surface area contributed by atoms with Crippen LogP contribution in [0.4, 0.5) is 10.1 Å². The van der Waals surface area contributed by atoms with Gasteiger partial charge in [0.1, 0.15) is 11.6 Å². The number of rotatable bonds is 2. The minimum absolute atomic E-state index is 0.295. The van der Waals surface area contributed by atoms with Crippen LogP contribution in [0.1, 0.15) is 12.5 Å². The number of hydrogen-bond donors (Lipinski definition) is 1. The molecule has 0 bridgehead atoms. The summed E-state index contributed by atoms with van der Waals surface area (Å²) in [6.45, 7) is 4.07. The molecule has 2 nitrogen and oxygen atoms in total. The monoisotopic (exact) mass is 169 g/mol. The maximum Gasteiger partial charge on any atom is 0.142 e. The summed E-state index contributed by atoms with van der Waals surface area (Å²) in [6.07, 6.45) is 0. The van der Waals surface area contributed by atoms with Crippen molar-refractivity contribution >= 4 is 5.69 Å². The third kappa shape index (κ3) is 1.67. The number of aryl methyl sites for hydroxylation is 1. The number of nitrogen functional groups attached to an aromatic ring is 1. The zero-order chi connectivity index (χ0) is 9.14. The summed E-state index contributed by atoms with van der Waals surface area (Å²) in [7, 11) is 0. The molecule has 1 aromatic carbocycles. The Morgan fingerprint density at radius 2 is 2.17 bits per heavy atom. The van der Waals surface area contributed by atoms with Gasteiger partial charge in [0, 0.05) is 6.07 Å². The predicted octanol–water partition coefficient (Wildman–Crippen LogP) is 2.12. The average Bonchev–Trinajstić information content (AvgIpc) is 2.01. The Morgan fingerprint density at radius 1 is 1.50 bits per heavy atom. The molecular formula is C9H12FNO. The lowest BCUT2D eigenvalue weighted by atomic mass is 10.2. The van der Waals surface area contributed by atoms with E-state index in [0.717, 1.165) is 0 Å². The first-order valence-electron chi connectivity index (χ1n) is 3.83. The van der Waals surface area contributed by atoms with Crippen molar-refractivity contribution in [2.75, 3.05) is 12.3 Å². The third-order valence-corrected chi connectivity index (χ3v) is 1.59. The highest BCUT2D eigenvalue weighted by molar-refractivity contribution is 5.54. The number of nitrogens with two attached hydrogens (primary N) is 1. The molecule has 0 fully saturated rings. The zero-order valence-corrected chi connectivity index (χ0v) is 7.23. The van der Waals surface area contributed by atoms with Gasteiger partial charge in [-0.25, -0.2) is 4.39 Å². The van der Waals surface area contributed by atoms with E-state index >= 15 is 0 Å². The normalized spacial score (nSPS) is 9.92. The van der Waals surface area contributed by atoms with Crippen LogP contribution in [0.2, 0.25) is 0 Å². The summed E-state index contributed by atoms with van der Waals surface area (Å²) in [5, 5.41) is 0. The van der Waals surface area contributed by atoms with Gasteiger partial charge in [0.15, 0.2) is 0 Å². The van der Waals surface area contributed by atoms with Gasteiger partial charge in [0.2, 0.25) is 0 Å². The van der Waals surface area contributed by atoms with Crippen LogP contribution in [-0.4, -0.2) is 6.61 Å². The van der Waals surface area contributed by atoms with Gasteiger partial charge >= 0.3 is 0 Å². The Hall–Kier alpha value is -1.25. The number of ether oxygens (including phenoxy) is 1. The maximum absolute atomic E-state index is 12.9. The smallest absolute Gasteiger partial charge is 0.142 e.